The predicted octanol–water partition coefficient (Wildman–Crippen LogP) is 4.91. The van der Waals surface area contributed by atoms with Crippen LogP contribution in [0.4, 0.5) is 18.9 Å². The minimum atomic E-state index is -4.53. The van der Waals surface area contributed by atoms with E-state index in [1.807, 2.05) is 29.6 Å². The molecule has 2 aromatic carbocycles. The van der Waals surface area contributed by atoms with E-state index in [0.29, 0.717) is 6.54 Å². The Kier molecular flexibility index (Phi) is 6.73. The summed E-state index contributed by atoms with van der Waals surface area (Å²) in [6.07, 6.45) is -4.53. The summed E-state index contributed by atoms with van der Waals surface area (Å²) in [7, 11) is 3.30. The van der Waals surface area contributed by atoms with Gasteiger partial charge >= 0.3 is 6.18 Å². The van der Waals surface area contributed by atoms with Gasteiger partial charge in [-0.3, -0.25) is 9.69 Å². The van der Waals surface area contributed by atoms with Gasteiger partial charge in [-0.25, -0.2) is 4.98 Å². The van der Waals surface area contributed by atoms with Crippen LogP contribution in [0.2, 0.25) is 0 Å². The van der Waals surface area contributed by atoms with Crippen LogP contribution in [-0.4, -0.2) is 36.5 Å². The number of anilines is 1. The van der Waals surface area contributed by atoms with Crippen molar-refractivity contribution in [3.63, 3.8) is 0 Å². The van der Waals surface area contributed by atoms with Crippen LogP contribution >= 0.6 is 11.3 Å². The molecule has 0 fully saturated rings. The van der Waals surface area contributed by atoms with Gasteiger partial charge in [0.1, 0.15) is 10.8 Å². The number of carbonyl (C=O) groups excluding carboxylic acids is 1. The molecule has 3 rings (SSSR count). The Bertz CT molecular complexity index is 1020. The van der Waals surface area contributed by atoms with Crippen LogP contribution in [0.1, 0.15) is 11.3 Å². The van der Waals surface area contributed by atoms with Crippen LogP contribution < -0.4 is 10.1 Å². The number of amides is 1. The summed E-state index contributed by atoms with van der Waals surface area (Å²) in [5, 5.41) is 5.06. The molecule has 0 aliphatic carbocycles. The summed E-state index contributed by atoms with van der Waals surface area (Å²) in [5.41, 5.74) is 0.569. The number of alkyl halides is 3. The van der Waals surface area contributed by atoms with E-state index in [2.05, 4.69) is 10.3 Å². The average Bonchev–Trinajstić information content (AvgIpc) is 3.15. The lowest BCUT2D eigenvalue weighted by Gasteiger charge is -2.17. The molecular formula is C21H20F3N3O2S. The maximum Gasteiger partial charge on any atom is 0.418 e. The van der Waals surface area contributed by atoms with Crippen molar-refractivity contribution in [2.24, 2.45) is 0 Å². The third kappa shape index (κ3) is 5.58. The Balaban J connectivity index is 1.61. The molecule has 0 saturated heterocycles. The zero-order chi connectivity index (χ0) is 21.7. The number of ether oxygens (including phenoxy) is 1. The van der Waals surface area contributed by atoms with Crippen molar-refractivity contribution in [2.45, 2.75) is 12.7 Å². The Hall–Kier alpha value is -2.91. The minimum Gasteiger partial charge on any atom is -0.497 e. The Morgan fingerprint density at radius 1 is 1.20 bits per heavy atom. The molecule has 1 aromatic heterocycles. The van der Waals surface area contributed by atoms with E-state index in [-0.39, 0.29) is 12.2 Å². The second-order valence-corrected chi connectivity index (χ2v) is 7.50. The fourth-order valence-corrected chi connectivity index (χ4v) is 3.68. The van der Waals surface area contributed by atoms with Crippen molar-refractivity contribution in [2.75, 3.05) is 26.0 Å². The molecule has 1 N–H and O–H groups in total. The van der Waals surface area contributed by atoms with Crippen LogP contribution in [-0.2, 0) is 17.5 Å². The standard InChI is InChI=1S/C21H20F3N3O2S/c1-27(12-19(28)26-18-9-4-3-8-17(18)21(22,23)24)11-15-13-30-20(25-15)14-6-5-7-16(10-14)29-2/h3-10,13H,11-12H2,1-2H3,(H,26,28). The highest BCUT2D eigenvalue weighted by Crippen LogP contribution is 2.34. The van der Waals surface area contributed by atoms with Crippen molar-refractivity contribution >= 4 is 22.9 Å². The van der Waals surface area contributed by atoms with Gasteiger partial charge in [-0.05, 0) is 31.3 Å². The van der Waals surface area contributed by atoms with E-state index in [0.717, 1.165) is 28.1 Å². The minimum absolute atomic E-state index is 0.0712. The lowest BCUT2D eigenvalue weighted by Crippen LogP contribution is -2.30. The van der Waals surface area contributed by atoms with E-state index in [9.17, 15) is 18.0 Å². The second-order valence-electron chi connectivity index (χ2n) is 6.64. The van der Waals surface area contributed by atoms with Gasteiger partial charge in [-0.1, -0.05) is 24.3 Å². The summed E-state index contributed by atoms with van der Waals surface area (Å²) in [4.78, 5) is 18.5. The number of benzene rings is 2. The summed E-state index contributed by atoms with van der Waals surface area (Å²) < 4.78 is 44.4. The van der Waals surface area contributed by atoms with Crippen molar-refractivity contribution in [1.29, 1.82) is 0 Å². The molecule has 30 heavy (non-hydrogen) atoms. The predicted molar refractivity (Wildman–Crippen MR) is 111 cm³/mol. The Morgan fingerprint density at radius 3 is 2.70 bits per heavy atom. The molecule has 5 nitrogen and oxygen atoms in total. The lowest BCUT2D eigenvalue weighted by atomic mass is 10.1. The lowest BCUT2D eigenvalue weighted by molar-refractivity contribution is -0.137. The van der Waals surface area contributed by atoms with Gasteiger partial charge < -0.3 is 10.1 Å². The van der Waals surface area contributed by atoms with Crippen molar-refractivity contribution < 1.29 is 22.7 Å². The van der Waals surface area contributed by atoms with Crippen molar-refractivity contribution in [1.82, 2.24) is 9.88 Å². The smallest absolute Gasteiger partial charge is 0.418 e. The highest BCUT2D eigenvalue weighted by Gasteiger charge is 2.33. The zero-order valence-corrected chi connectivity index (χ0v) is 17.2. The van der Waals surface area contributed by atoms with Gasteiger partial charge in [0.05, 0.1) is 30.6 Å². The number of likely N-dealkylation sites (N-methyl/N-ethyl adjacent to an activating group) is 1. The molecule has 0 spiro atoms. The zero-order valence-electron chi connectivity index (χ0n) is 16.4. The van der Waals surface area contributed by atoms with Gasteiger partial charge in [-0.2, -0.15) is 13.2 Å². The topological polar surface area (TPSA) is 54.5 Å². The Labute approximate surface area is 176 Å². The van der Waals surface area contributed by atoms with Gasteiger partial charge in [0.15, 0.2) is 0 Å². The van der Waals surface area contributed by atoms with Crippen molar-refractivity contribution in [3.05, 3.63) is 65.2 Å². The number of carbonyl (C=O) groups is 1. The highest BCUT2D eigenvalue weighted by atomic mass is 32.1. The quantitative estimate of drug-likeness (QED) is 0.573. The SMILES string of the molecule is COc1cccc(-c2nc(CN(C)CC(=O)Nc3ccccc3C(F)(F)F)cs2)c1. The molecule has 0 atom stereocenters. The Morgan fingerprint density at radius 2 is 1.97 bits per heavy atom. The number of aromatic nitrogens is 1. The van der Waals surface area contributed by atoms with Gasteiger partial charge in [-0.15, -0.1) is 11.3 Å². The second kappa shape index (κ2) is 9.27. The van der Waals surface area contributed by atoms with Crippen LogP contribution in [0, 0.1) is 0 Å². The molecule has 1 heterocycles. The number of halogens is 3. The third-order valence-electron chi connectivity index (χ3n) is 4.22. The largest absolute Gasteiger partial charge is 0.497 e. The van der Waals surface area contributed by atoms with Crippen LogP contribution in [0.15, 0.2) is 53.9 Å². The number of hydrogen-bond acceptors (Lipinski definition) is 5. The van der Waals surface area contributed by atoms with Gasteiger partial charge in [0.2, 0.25) is 5.91 Å². The number of para-hydroxylation sites is 1. The first kappa shape index (κ1) is 21.8. The maximum absolute atomic E-state index is 13.1. The number of rotatable bonds is 7. The molecule has 1 amide bonds. The van der Waals surface area contributed by atoms with E-state index in [4.69, 9.17) is 4.74 Å². The first-order valence-electron chi connectivity index (χ1n) is 8.99. The molecule has 3 aromatic rings. The molecule has 0 aliphatic rings. The average molecular weight is 435 g/mol. The molecular weight excluding hydrogens is 415 g/mol. The monoisotopic (exact) mass is 435 g/mol. The summed E-state index contributed by atoms with van der Waals surface area (Å²) in [5.74, 6) is 0.203. The number of thiazole rings is 1. The molecule has 158 valence electrons. The fraction of sp³-hybridized carbons (Fsp3) is 0.238. The first-order chi connectivity index (χ1) is 14.3. The summed E-state index contributed by atoms with van der Waals surface area (Å²) in [6, 6.07) is 12.5. The molecule has 9 heteroatoms. The van der Waals surface area contributed by atoms with Crippen LogP contribution in [0.5, 0.6) is 5.75 Å². The van der Waals surface area contributed by atoms with Crippen molar-refractivity contribution in [3.8, 4) is 16.3 Å². The molecule has 0 aliphatic heterocycles. The van der Waals surface area contributed by atoms with Crippen LogP contribution in [0.3, 0.4) is 0 Å². The van der Waals surface area contributed by atoms with Gasteiger partial charge in [0.25, 0.3) is 0 Å². The van der Waals surface area contributed by atoms with E-state index in [1.54, 1.807) is 19.1 Å². The first-order valence-corrected chi connectivity index (χ1v) is 9.87. The maximum atomic E-state index is 13.1. The van der Waals surface area contributed by atoms with E-state index in [1.165, 1.54) is 29.5 Å². The number of hydrogen-bond donors (Lipinski definition) is 1. The third-order valence-corrected chi connectivity index (χ3v) is 5.16. The summed E-state index contributed by atoms with van der Waals surface area (Å²) >= 11 is 1.47. The number of nitrogens with zero attached hydrogens (tertiary/aromatic N) is 2. The molecule has 0 radical (unpaired) electrons. The van der Waals surface area contributed by atoms with E-state index < -0.39 is 17.6 Å². The molecule has 0 saturated carbocycles. The fourth-order valence-electron chi connectivity index (χ4n) is 2.87. The van der Waals surface area contributed by atoms with E-state index >= 15 is 0 Å². The number of nitrogens with one attached hydrogen (secondary N) is 1. The van der Waals surface area contributed by atoms with Crippen LogP contribution in [0.25, 0.3) is 10.6 Å². The normalized spacial score (nSPS) is 11.5. The van der Waals surface area contributed by atoms with Gasteiger partial charge in [0, 0.05) is 17.5 Å². The highest BCUT2D eigenvalue weighted by molar-refractivity contribution is 7.13. The molecule has 0 unspecified atom stereocenters. The molecule has 0 bridgehead atoms. The summed E-state index contributed by atoms with van der Waals surface area (Å²) in [6.45, 7) is 0.313. The number of methoxy groups -OCH3 is 1.